The number of para-hydroxylation sites is 2. The van der Waals surface area contributed by atoms with Crippen molar-refractivity contribution in [2.75, 3.05) is 0 Å². The average molecular weight is 725 g/mol. The molecule has 1 aromatic heterocycles. The highest BCUT2D eigenvalue weighted by Crippen LogP contribution is 2.47. The fourth-order valence-electron chi connectivity index (χ4n) is 9.53. The monoisotopic (exact) mass is 724 g/mol. The van der Waals surface area contributed by atoms with Gasteiger partial charge in [-0.05, 0) is 114 Å². The van der Waals surface area contributed by atoms with E-state index in [-0.39, 0.29) is 6.04 Å². The van der Waals surface area contributed by atoms with E-state index in [1.807, 2.05) is 0 Å². The largest absolute Gasteiger partial charge is 0.374 e. The van der Waals surface area contributed by atoms with Crippen LogP contribution in [0.4, 0.5) is 0 Å². The van der Waals surface area contributed by atoms with Crippen molar-refractivity contribution in [1.29, 1.82) is 0 Å². The van der Waals surface area contributed by atoms with Crippen LogP contribution in [-0.2, 0) is 0 Å². The lowest BCUT2D eigenvalue weighted by Crippen LogP contribution is -2.22. The van der Waals surface area contributed by atoms with Gasteiger partial charge >= 0.3 is 0 Å². The second-order valence-corrected chi connectivity index (χ2v) is 15.3. The normalized spacial score (nSPS) is 14.5. The lowest BCUT2D eigenvalue weighted by molar-refractivity contribution is 0.774. The summed E-state index contributed by atoms with van der Waals surface area (Å²) >= 11 is 0. The number of nitrogens with zero attached hydrogens (tertiary/aromatic N) is 1. The molecule has 1 atom stereocenters. The second kappa shape index (κ2) is 12.6. The standard InChI is InChI=1S/C55H36N2/c1-2-18-42(19-3-1)57-52-25-13-12-24-47(52)54-53-45-22-10-8-20-43(45)48(34-49(53)44-21-9-11-23-46(44)55(54)57)51-33-41(39-28-26-35-14-4-6-16-37(35)30-39)32-50(56-51)40-29-27-36-15-5-7-17-38(36)31-40/h1-34,51,56H. The second-order valence-electron chi connectivity index (χ2n) is 15.3. The molecule has 0 fully saturated rings. The Labute approximate surface area is 330 Å². The predicted octanol–water partition coefficient (Wildman–Crippen LogP) is 14.3. The highest BCUT2D eigenvalue weighted by Gasteiger charge is 2.25. The highest BCUT2D eigenvalue weighted by atomic mass is 15.0. The van der Waals surface area contributed by atoms with Gasteiger partial charge in [-0.3, -0.25) is 0 Å². The molecule has 0 amide bonds. The van der Waals surface area contributed by atoms with Crippen LogP contribution in [0.2, 0.25) is 0 Å². The third-order valence-corrected chi connectivity index (χ3v) is 12.1. The Morgan fingerprint density at radius 2 is 0.982 bits per heavy atom. The van der Waals surface area contributed by atoms with Crippen LogP contribution < -0.4 is 5.32 Å². The molecule has 10 aromatic carbocycles. The SMILES string of the molecule is C1=C(c2ccc3ccccc3c2)C=C(c2ccc3ccccc3c2)NC1c1cc2c3ccccc3c3c(c4ccccc4n3-c3ccccc3)c2c2ccccc12. The van der Waals surface area contributed by atoms with Crippen molar-refractivity contribution in [3.05, 3.63) is 223 Å². The molecule has 1 aliphatic rings. The molecular formula is C55H36N2. The third kappa shape index (κ3) is 4.97. The Kier molecular flexibility index (Phi) is 7.02. The first-order valence-electron chi connectivity index (χ1n) is 19.8. The Balaban J connectivity index is 1.16. The van der Waals surface area contributed by atoms with Crippen LogP contribution in [0.1, 0.15) is 22.7 Å². The summed E-state index contributed by atoms with van der Waals surface area (Å²) in [4.78, 5) is 0. The van der Waals surface area contributed by atoms with E-state index in [0.717, 1.165) is 5.70 Å². The maximum Gasteiger partial charge on any atom is 0.0713 e. The summed E-state index contributed by atoms with van der Waals surface area (Å²) < 4.78 is 2.47. The van der Waals surface area contributed by atoms with Crippen molar-refractivity contribution < 1.29 is 0 Å². The van der Waals surface area contributed by atoms with Gasteiger partial charge in [0.05, 0.1) is 17.1 Å². The van der Waals surface area contributed by atoms with Crippen LogP contribution in [0.15, 0.2) is 206 Å². The Morgan fingerprint density at radius 3 is 1.74 bits per heavy atom. The molecule has 0 saturated carbocycles. The van der Waals surface area contributed by atoms with Gasteiger partial charge < -0.3 is 9.88 Å². The van der Waals surface area contributed by atoms with Gasteiger partial charge in [0.1, 0.15) is 0 Å². The van der Waals surface area contributed by atoms with Crippen LogP contribution in [0.5, 0.6) is 0 Å². The van der Waals surface area contributed by atoms with Crippen molar-refractivity contribution >= 4 is 86.9 Å². The van der Waals surface area contributed by atoms with E-state index in [9.17, 15) is 0 Å². The lowest BCUT2D eigenvalue weighted by atomic mass is 9.86. The van der Waals surface area contributed by atoms with E-state index in [2.05, 4.69) is 216 Å². The van der Waals surface area contributed by atoms with Gasteiger partial charge in [-0.15, -0.1) is 0 Å². The topological polar surface area (TPSA) is 17.0 Å². The predicted molar refractivity (Wildman–Crippen MR) is 243 cm³/mol. The maximum absolute atomic E-state index is 4.07. The first-order valence-corrected chi connectivity index (χ1v) is 19.8. The first kappa shape index (κ1) is 31.9. The zero-order chi connectivity index (χ0) is 37.5. The van der Waals surface area contributed by atoms with Crippen molar-refractivity contribution in [2.24, 2.45) is 0 Å². The molecule has 1 unspecified atom stereocenters. The minimum Gasteiger partial charge on any atom is -0.374 e. The molecular weight excluding hydrogens is 689 g/mol. The molecule has 0 bridgehead atoms. The zero-order valence-corrected chi connectivity index (χ0v) is 31.2. The Morgan fingerprint density at radius 1 is 0.404 bits per heavy atom. The summed E-state index contributed by atoms with van der Waals surface area (Å²) in [5, 5.41) is 19.2. The van der Waals surface area contributed by atoms with E-state index >= 15 is 0 Å². The number of aromatic nitrogens is 1. The number of benzene rings is 10. The quantitative estimate of drug-likeness (QED) is 0.179. The smallest absolute Gasteiger partial charge is 0.0713 e. The molecule has 0 saturated heterocycles. The number of nitrogens with one attached hydrogen (secondary N) is 1. The molecule has 1 N–H and O–H groups in total. The number of hydrogen-bond donors (Lipinski definition) is 1. The fraction of sp³-hybridized carbons (Fsp3) is 0.0182. The number of allylic oxidation sites excluding steroid dienone is 2. The van der Waals surface area contributed by atoms with Gasteiger partial charge in [0, 0.05) is 32.9 Å². The molecule has 266 valence electrons. The molecule has 0 aliphatic carbocycles. The minimum atomic E-state index is -0.0904. The molecule has 0 radical (unpaired) electrons. The van der Waals surface area contributed by atoms with Crippen molar-refractivity contribution in [1.82, 2.24) is 9.88 Å². The molecule has 2 nitrogen and oxygen atoms in total. The minimum absolute atomic E-state index is 0.0904. The van der Waals surface area contributed by atoms with Crippen LogP contribution in [0.25, 0.3) is 92.6 Å². The number of fused-ring (bicyclic) bond motifs is 12. The first-order chi connectivity index (χ1) is 28.3. The summed E-state index contributed by atoms with van der Waals surface area (Å²) in [5.41, 5.74) is 9.61. The molecule has 0 spiro atoms. The summed E-state index contributed by atoms with van der Waals surface area (Å²) in [6.45, 7) is 0. The average Bonchev–Trinajstić information content (AvgIpc) is 3.64. The van der Waals surface area contributed by atoms with Gasteiger partial charge in [-0.25, -0.2) is 0 Å². The fourth-order valence-corrected chi connectivity index (χ4v) is 9.53. The summed E-state index contributed by atoms with van der Waals surface area (Å²) in [6.07, 6.45) is 4.77. The summed E-state index contributed by atoms with van der Waals surface area (Å²) in [7, 11) is 0. The molecule has 1 aliphatic heterocycles. The highest BCUT2D eigenvalue weighted by molar-refractivity contribution is 6.37. The van der Waals surface area contributed by atoms with Crippen molar-refractivity contribution in [3.8, 4) is 5.69 Å². The van der Waals surface area contributed by atoms with E-state index in [1.165, 1.54) is 104 Å². The third-order valence-electron chi connectivity index (χ3n) is 12.1. The van der Waals surface area contributed by atoms with Crippen LogP contribution in [0, 0.1) is 0 Å². The van der Waals surface area contributed by atoms with E-state index in [4.69, 9.17) is 0 Å². The summed E-state index contributed by atoms with van der Waals surface area (Å²) in [5.74, 6) is 0. The van der Waals surface area contributed by atoms with Gasteiger partial charge in [-0.2, -0.15) is 0 Å². The van der Waals surface area contributed by atoms with E-state index < -0.39 is 0 Å². The van der Waals surface area contributed by atoms with Crippen LogP contribution in [0.3, 0.4) is 0 Å². The van der Waals surface area contributed by atoms with Crippen LogP contribution >= 0.6 is 0 Å². The zero-order valence-electron chi connectivity index (χ0n) is 31.2. The number of hydrogen-bond acceptors (Lipinski definition) is 1. The molecule has 12 rings (SSSR count). The Hall–Kier alpha value is -7.42. The number of dihydropyridines is 1. The number of rotatable bonds is 4. The molecule has 57 heavy (non-hydrogen) atoms. The lowest BCUT2D eigenvalue weighted by Gasteiger charge is -2.28. The molecule has 11 aromatic rings. The molecule has 2 heterocycles. The van der Waals surface area contributed by atoms with E-state index in [0.29, 0.717) is 0 Å². The van der Waals surface area contributed by atoms with Gasteiger partial charge in [0.25, 0.3) is 0 Å². The van der Waals surface area contributed by atoms with E-state index in [1.54, 1.807) is 0 Å². The van der Waals surface area contributed by atoms with Crippen molar-refractivity contribution in [2.45, 2.75) is 6.04 Å². The van der Waals surface area contributed by atoms with Gasteiger partial charge in [0.15, 0.2) is 0 Å². The summed E-state index contributed by atoms with van der Waals surface area (Å²) in [6, 6.07) is 71.1. The Bertz CT molecular complexity index is 3490. The van der Waals surface area contributed by atoms with Crippen LogP contribution in [-0.4, -0.2) is 4.57 Å². The van der Waals surface area contributed by atoms with Gasteiger partial charge in [0.2, 0.25) is 0 Å². The maximum atomic E-state index is 4.07. The van der Waals surface area contributed by atoms with Crippen molar-refractivity contribution in [3.63, 3.8) is 0 Å². The molecule has 2 heteroatoms. The van der Waals surface area contributed by atoms with Gasteiger partial charge in [-0.1, -0.05) is 158 Å².